The zero-order chi connectivity index (χ0) is 19.6. The number of pyridine rings is 1. The van der Waals surface area contributed by atoms with E-state index in [2.05, 4.69) is 23.7 Å². The summed E-state index contributed by atoms with van der Waals surface area (Å²) in [5, 5.41) is 9.29. The molecule has 0 atom stereocenters. The monoisotopic (exact) mass is 365 g/mol. The van der Waals surface area contributed by atoms with Crippen molar-refractivity contribution in [2.24, 2.45) is 0 Å². The Morgan fingerprint density at radius 3 is 2.42 bits per heavy atom. The number of carbonyl (C=O) groups is 1. The molecule has 1 heterocycles. The molecule has 0 bridgehead atoms. The number of nitrogens with zero attached hydrogens (tertiary/aromatic N) is 3. The van der Waals surface area contributed by atoms with E-state index in [1.54, 1.807) is 17.2 Å². The normalized spacial score (nSPS) is 11.7. The zero-order valence-electron chi connectivity index (χ0n) is 17.0. The van der Waals surface area contributed by atoms with Gasteiger partial charge in [-0.15, -0.1) is 0 Å². The first-order chi connectivity index (χ1) is 12.3. The van der Waals surface area contributed by atoms with Crippen molar-refractivity contribution in [2.45, 2.75) is 66.2 Å². The van der Waals surface area contributed by atoms with Crippen molar-refractivity contribution in [3.05, 3.63) is 29.6 Å². The molecular weight excluding hydrogens is 330 g/mol. The fourth-order valence-corrected chi connectivity index (χ4v) is 2.65. The number of unbranched alkanes of at least 4 members (excludes halogenated alkanes) is 1. The summed E-state index contributed by atoms with van der Waals surface area (Å²) in [5.74, 6) is 0. The van der Waals surface area contributed by atoms with Crippen LogP contribution >= 0.6 is 0 Å². The topological polar surface area (TPSA) is 65.9 Å². The predicted molar refractivity (Wildman–Crippen MR) is 104 cm³/mol. The fraction of sp³-hybridized carbons (Fsp3) is 0.700. The Bertz CT molecular complexity index is 539. The number of hydrogen-bond donors (Lipinski definition) is 1. The van der Waals surface area contributed by atoms with E-state index in [1.807, 2.05) is 26.8 Å². The first-order valence-corrected chi connectivity index (χ1v) is 9.54. The minimum absolute atomic E-state index is 0.0359. The molecule has 0 aromatic carbocycles. The second kappa shape index (κ2) is 11.1. The second-order valence-electron chi connectivity index (χ2n) is 7.45. The van der Waals surface area contributed by atoms with Crippen LogP contribution in [0.15, 0.2) is 18.3 Å². The highest BCUT2D eigenvalue weighted by atomic mass is 16.6. The van der Waals surface area contributed by atoms with Gasteiger partial charge in [0, 0.05) is 12.7 Å². The Morgan fingerprint density at radius 1 is 1.19 bits per heavy atom. The van der Waals surface area contributed by atoms with E-state index in [0.29, 0.717) is 13.1 Å². The lowest BCUT2D eigenvalue weighted by atomic mass is 10.2. The highest BCUT2D eigenvalue weighted by molar-refractivity contribution is 5.68. The molecule has 1 rings (SSSR count). The molecule has 1 aromatic rings. The summed E-state index contributed by atoms with van der Waals surface area (Å²) in [5.41, 5.74) is 1.02. The van der Waals surface area contributed by atoms with E-state index in [0.717, 1.165) is 43.7 Å². The number of aromatic nitrogens is 1. The zero-order valence-corrected chi connectivity index (χ0v) is 17.0. The van der Waals surface area contributed by atoms with E-state index in [-0.39, 0.29) is 12.7 Å². The van der Waals surface area contributed by atoms with Gasteiger partial charge in [-0.3, -0.25) is 4.98 Å². The molecule has 0 saturated heterocycles. The Balaban J connectivity index is 2.70. The van der Waals surface area contributed by atoms with Crippen molar-refractivity contribution in [3.8, 4) is 0 Å². The van der Waals surface area contributed by atoms with E-state index >= 15 is 0 Å². The van der Waals surface area contributed by atoms with Gasteiger partial charge in [0.25, 0.3) is 0 Å². The number of aliphatic hydroxyl groups excluding tert-OH is 1. The third-order valence-electron chi connectivity index (χ3n) is 4.11. The van der Waals surface area contributed by atoms with Crippen LogP contribution in [0.25, 0.3) is 0 Å². The lowest BCUT2D eigenvalue weighted by Crippen LogP contribution is -2.37. The molecule has 6 heteroatoms. The van der Waals surface area contributed by atoms with Crippen LogP contribution in [0.1, 0.15) is 58.7 Å². The number of rotatable bonds is 10. The molecule has 0 saturated carbocycles. The van der Waals surface area contributed by atoms with Crippen molar-refractivity contribution in [1.29, 1.82) is 0 Å². The summed E-state index contributed by atoms with van der Waals surface area (Å²) in [7, 11) is 0. The Labute approximate surface area is 158 Å². The average molecular weight is 366 g/mol. The van der Waals surface area contributed by atoms with Gasteiger partial charge in [-0.1, -0.05) is 13.8 Å². The first kappa shape index (κ1) is 22.4. The van der Waals surface area contributed by atoms with Crippen molar-refractivity contribution < 1.29 is 14.6 Å². The van der Waals surface area contributed by atoms with Crippen LogP contribution in [0.2, 0.25) is 0 Å². The van der Waals surface area contributed by atoms with Crippen molar-refractivity contribution in [1.82, 2.24) is 14.8 Å². The SMILES string of the molecule is CCN(CC)CCCCN(Cc1cc(CO)ccn1)C(=O)OC(C)(C)C. The summed E-state index contributed by atoms with van der Waals surface area (Å²) in [4.78, 5) is 21.0. The maximum atomic E-state index is 12.6. The quantitative estimate of drug-likeness (QED) is 0.644. The van der Waals surface area contributed by atoms with Gasteiger partial charge in [0.1, 0.15) is 5.60 Å². The maximum Gasteiger partial charge on any atom is 0.410 e. The van der Waals surface area contributed by atoms with Crippen LogP contribution in [0.3, 0.4) is 0 Å². The van der Waals surface area contributed by atoms with Crippen LogP contribution < -0.4 is 0 Å². The minimum Gasteiger partial charge on any atom is -0.444 e. The maximum absolute atomic E-state index is 12.6. The van der Waals surface area contributed by atoms with Gasteiger partial charge in [-0.25, -0.2) is 4.79 Å². The summed E-state index contributed by atoms with van der Waals surface area (Å²) in [6.45, 7) is 14.0. The summed E-state index contributed by atoms with van der Waals surface area (Å²) in [6, 6.07) is 3.60. The summed E-state index contributed by atoms with van der Waals surface area (Å²) in [6.07, 6.45) is 3.28. The molecule has 0 radical (unpaired) electrons. The largest absolute Gasteiger partial charge is 0.444 e. The molecule has 0 unspecified atom stereocenters. The standard InChI is InChI=1S/C20H35N3O3/c1-6-22(7-2)12-8-9-13-23(19(25)26-20(3,4)5)15-18-14-17(16-24)10-11-21-18/h10-11,14,24H,6-9,12-13,15-16H2,1-5H3. The predicted octanol–water partition coefficient (Wildman–Crippen LogP) is 3.43. The Hall–Kier alpha value is -1.66. The van der Waals surface area contributed by atoms with E-state index in [9.17, 15) is 9.90 Å². The molecule has 148 valence electrons. The van der Waals surface area contributed by atoms with Crippen LogP contribution in [-0.4, -0.2) is 57.8 Å². The minimum atomic E-state index is -0.531. The molecular formula is C20H35N3O3. The third-order valence-corrected chi connectivity index (χ3v) is 4.11. The molecule has 1 amide bonds. The fourth-order valence-electron chi connectivity index (χ4n) is 2.65. The molecule has 1 aromatic heterocycles. The molecule has 0 aliphatic heterocycles. The molecule has 0 spiro atoms. The Morgan fingerprint density at radius 2 is 1.85 bits per heavy atom. The average Bonchev–Trinajstić information content (AvgIpc) is 2.59. The van der Waals surface area contributed by atoms with Gasteiger partial charge in [0.2, 0.25) is 0 Å². The smallest absolute Gasteiger partial charge is 0.410 e. The van der Waals surface area contributed by atoms with Crippen molar-refractivity contribution in [3.63, 3.8) is 0 Å². The number of aliphatic hydroxyl groups is 1. The third kappa shape index (κ3) is 8.63. The van der Waals surface area contributed by atoms with Gasteiger partial charge in [0.05, 0.1) is 18.8 Å². The van der Waals surface area contributed by atoms with Gasteiger partial charge < -0.3 is 19.6 Å². The molecule has 1 N–H and O–H groups in total. The molecule has 26 heavy (non-hydrogen) atoms. The van der Waals surface area contributed by atoms with Crippen LogP contribution in [0, 0.1) is 0 Å². The highest BCUT2D eigenvalue weighted by Crippen LogP contribution is 2.14. The molecule has 6 nitrogen and oxygen atoms in total. The van der Waals surface area contributed by atoms with Gasteiger partial charge in [-0.05, 0) is 70.9 Å². The molecule has 0 aliphatic rings. The summed E-state index contributed by atoms with van der Waals surface area (Å²) < 4.78 is 5.55. The van der Waals surface area contributed by atoms with Gasteiger partial charge >= 0.3 is 6.09 Å². The summed E-state index contributed by atoms with van der Waals surface area (Å²) >= 11 is 0. The van der Waals surface area contributed by atoms with E-state index in [1.165, 1.54) is 0 Å². The van der Waals surface area contributed by atoms with Gasteiger partial charge in [0.15, 0.2) is 0 Å². The van der Waals surface area contributed by atoms with Crippen molar-refractivity contribution >= 4 is 6.09 Å². The lowest BCUT2D eigenvalue weighted by Gasteiger charge is -2.27. The second-order valence-corrected chi connectivity index (χ2v) is 7.45. The highest BCUT2D eigenvalue weighted by Gasteiger charge is 2.22. The Kier molecular flexibility index (Phi) is 9.59. The van der Waals surface area contributed by atoms with Crippen LogP contribution in [-0.2, 0) is 17.9 Å². The van der Waals surface area contributed by atoms with Crippen LogP contribution in [0.5, 0.6) is 0 Å². The van der Waals surface area contributed by atoms with Crippen molar-refractivity contribution in [2.75, 3.05) is 26.2 Å². The lowest BCUT2D eigenvalue weighted by molar-refractivity contribution is 0.0227. The van der Waals surface area contributed by atoms with Gasteiger partial charge in [-0.2, -0.15) is 0 Å². The van der Waals surface area contributed by atoms with Crippen LogP contribution in [0.4, 0.5) is 4.79 Å². The first-order valence-electron chi connectivity index (χ1n) is 9.54. The number of amides is 1. The van der Waals surface area contributed by atoms with E-state index in [4.69, 9.17) is 4.74 Å². The number of carbonyl (C=O) groups excluding carboxylic acids is 1. The molecule has 0 aliphatic carbocycles. The van der Waals surface area contributed by atoms with E-state index < -0.39 is 5.60 Å². The number of ether oxygens (including phenoxy) is 1. The molecule has 0 fully saturated rings. The number of hydrogen-bond acceptors (Lipinski definition) is 5.